The van der Waals surface area contributed by atoms with E-state index in [0.717, 1.165) is 12.2 Å². The molecule has 0 fully saturated rings. The van der Waals surface area contributed by atoms with Crippen LogP contribution in [0.5, 0.6) is 0 Å². The van der Waals surface area contributed by atoms with E-state index in [2.05, 4.69) is 116 Å². The number of hydrogen-bond donors (Lipinski definition) is 0. The SMILES string of the molecule is CCC(CC)CC(SC)c1ncn(C(c2ccccc2)(c2ccccc2)c2ccccc2)n1. The highest BCUT2D eigenvalue weighted by molar-refractivity contribution is 7.98. The van der Waals surface area contributed by atoms with Gasteiger partial charge in [-0.3, -0.25) is 0 Å². The van der Waals surface area contributed by atoms with E-state index in [1.165, 1.54) is 29.5 Å². The first kappa shape index (κ1) is 23.3. The van der Waals surface area contributed by atoms with Crippen LogP contribution in [0.2, 0.25) is 0 Å². The summed E-state index contributed by atoms with van der Waals surface area (Å²) in [6, 6.07) is 32.0. The number of rotatable bonds is 10. The summed E-state index contributed by atoms with van der Waals surface area (Å²) in [5.41, 5.74) is 2.89. The fourth-order valence-corrected chi connectivity index (χ4v) is 5.54. The first-order valence-corrected chi connectivity index (χ1v) is 13.1. The minimum atomic E-state index is -0.604. The molecule has 3 aromatic carbocycles. The molecule has 0 aliphatic heterocycles. The number of thioether (sulfide) groups is 1. The largest absolute Gasteiger partial charge is 0.233 e. The molecule has 0 aliphatic rings. The molecule has 170 valence electrons. The normalized spacial score (nSPS) is 12.7. The summed E-state index contributed by atoms with van der Waals surface area (Å²) in [5.74, 6) is 1.61. The smallest absolute Gasteiger partial charge is 0.163 e. The van der Waals surface area contributed by atoms with Crippen LogP contribution in [0.15, 0.2) is 97.3 Å². The summed E-state index contributed by atoms with van der Waals surface area (Å²) in [6.07, 6.45) is 7.59. The molecule has 0 saturated heterocycles. The molecule has 1 aromatic heterocycles. The molecule has 4 rings (SSSR count). The first-order valence-electron chi connectivity index (χ1n) is 11.8. The van der Waals surface area contributed by atoms with E-state index in [4.69, 9.17) is 10.1 Å². The average molecular weight is 456 g/mol. The molecule has 0 bridgehead atoms. The van der Waals surface area contributed by atoms with Crippen LogP contribution in [0.25, 0.3) is 0 Å². The van der Waals surface area contributed by atoms with Crippen molar-refractivity contribution in [2.75, 3.05) is 6.26 Å². The fourth-order valence-electron chi connectivity index (χ4n) is 4.75. The van der Waals surface area contributed by atoms with Crippen molar-refractivity contribution in [3.05, 3.63) is 120 Å². The minimum Gasteiger partial charge on any atom is -0.233 e. The maximum Gasteiger partial charge on any atom is 0.163 e. The minimum absolute atomic E-state index is 0.288. The molecule has 0 aliphatic carbocycles. The zero-order valence-electron chi connectivity index (χ0n) is 19.8. The van der Waals surface area contributed by atoms with Crippen molar-refractivity contribution in [3.8, 4) is 0 Å². The second kappa shape index (κ2) is 10.8. The van der Waals surface area contributed by atoms with Crippen molar-refractivity contribution in [1.29, 1.82) is 0 Å². The molecular weight excluding hydrogens is 422 g/mol. The molecule has 0 saturated carbocycles. The van der Waals surface area contributed by atoms with Gasteiger partial charge in [-0.1, -0.05) is 118 Å². The van der Waals surface area contributed by atoms with Crippen molar-refractivity contribution in [2.45, 2.75) is 43.9 Å². The topological polar surface area (TPSA) is 30.7 Å². The molecule has 33 heavy (non-hydrogen) atoms. The Morgan fingerprint density at radius 2 is 1.21 bits per heavy atom. The summed E-state index contributed by atoms with van der Waals surface area (Å²) in [7, 11) is 0. The maximum absolute atomic E-state index is 5.19. The Morgan fingerprint density at radius 1 is 0.758 bits per heavy atom. The van der Waals surface area contributed by atoms with Crippen LogP contribution < -0.4 is 0 Å². The zero-order chi connectivity index (χ0) is 23.1. The summed E-state index contributed by atoms with van der Waals surface area (Å²) in [5, 5.41) is 5.48. The van der Waals surface area contributed by atoms with Gasteiger partial charge in [-0.2, -0.15) is 16.9 Å². The average Bonchev–Trinajstić information content (AvgIpc) is 3.37. The van der Waals surface area contributed by atoms with Gasteiger partial charge in [0.2, 0.25) is 0 Å². The molecular formula is C29H33N3S. The Bertz CT molecular complexity index is 1010. The highest BCUT2D eigenvalue weighted by Crippen LogP contribution is 2.41. The third-order valence-corrected chi connectivity index (χ3v) is 7.67. The van der Waals surface area contributed by atoms with Gasteiger partial charge in [-0.05, 0) is 35.3 Å². The van der Waals surface area contributed by atoms with E-state index in [-0.39, 0.29) is 5.25 Å². The number of benzene rings is 3. The van der Waals surface area contributed by atoms with Gasteiger partial charge < -0.3 is 0 Å². The molecule has 4 aromatic rings. The van der Waals surface area contributed by atoms with Gasteiger partial charge >= 0.3 is 0 Å². The Hall–Kier alpha value is -2.85. The van der Waals surface area contributed by atoms with Crippen molar-refractivity contribution < 1.29 is 0 Å². The third-order valence-electron chi connectivity index (χ3n) is 6.70. The third kappa shape index (κ3) is 4.63. The van der Waals surface area contributed by atoms with Gasteiger partial charge in [0.05, 0.1) is 5.25 Å². The van der Waals surface area contributed by atoms with E-state index in [1.807, 2.05) is 18.1 Å². The lowest BCUT2D eigenvalue weighted by Crippen LogP contribution is -2.38. The summed E-state index contributed by atoms with van der Waals surface area (Å²) in [4.78, 5) is 4.88. The fraction of sp³-hybridized carbons (Fsp3) is 0.310. The molecule has 4 heteroatoms. The van der Waals surface area contributed by atoms with E-state index in [9.17, 15) is 0 Å². The molecule has 1 heterocycles. The quantitative estimate of drug-likeness (QED) is 0.234. The van der Waals surface area contributed by atoms with E-state index in [0.29, 0.717) is 5.92 Å². The van der Waals surface area contributed by atoms with Gasteiger partial charge in [0.1, 0.15) is 11.9 Å². The lowest BCUT2D eigenvalue weighted by Gasteiger charge is -2.36. The van der Waals surface area contributed by atoms with Crippen LogP contribution in [-0.2, 0) is 5.54 Å². The lowest BCUT2D eigenvalue weighted by molar-refractivity contribution is 0.434. The molecule has 1 atom stereocenters. The molecule has 0 spiro atoms. The predicted octanol–water partition coefficient (Wildman–Crippen LogP) is 7.35. The van der Waals surface area contributed by atoms with Crippen LogP contribution in [-0.4, -0.2) is 21.0 Å². The van der Waals surface area contributed by atoms with Gasteiger partial charge in [0, 0.05) is 0 Å². The van der Waals surface area contributed by atoms with Gasteiger partial charge in [-0.25, -0.2) is 9.67 Å². The Kier molecular flexibility index (Phi) is 7.66. The predicted molar refractivity (Wildman–Crippen MR) is 140 cm³/mol. The highest BCUT2D eigenvalue weighted by Gasteiger charge is 2.40. The Labute approximate surface area is 202 Å². The summed E-state index contributed by atoms with van der Waals surface area (Å²) in [6.45, 7) is 4.56. The van der Waals surface area contributed by atoms with Gasteiger partial charge in [0.25, 0.3) is 0 Å². The lowest BCUT2D eigenvalue weighted by atomic mass is 9.77. The van der Waals surface area contributed by atoms with E-state index < -0.39 is 5.54 Å². The van der Waals surface area contributed by atoms with Crippen molar-refractivity contribution in [1.82, 2.24) is 14.8 Å². The highest BCUT2D eigenvalue weighted by atomic mass is 32.2. The maximum atomic E-state index is 5.19. The van der Waals surface area contributed by atoms with Crippen molar-refractivity contribution >= 4 is 11.8 Å². The second-order valence-electron chi connectivity index (χ2n) is 8.50. The molecule has 1 unspecified atom stereocenters. The molecule has 0 amide bonds. The van der Waals surface area contributed by atoms with Gasteiger partial charge in [-0.15, -0.1) is 0 Å². The summed E-state index contributed by atoms with van der Waals surface area (Å²) >= 11 is 1.86. The van der Waals surface area contributed by atoms with Gasteiger partial charge in [0.15, 0.2) is 5.82 Å². The molecule has 0 radical (unpaired) electrons. The molecule has 3 nitrogen and oxygen atoms in total. The standard InChI is InChI=1S/C29H33N3S/c1-4-23(5-2)21-27(33-3)28-30-22-32(31-28)29(24-15-9-6-10-16-24,25-17-11-7-12-18-25)26-19-13-8-14-20-26/h6-20,22-23,27H,4-5,21H2,1-3H3. The van der Waals surface area contributed by atoms with Crippen LogP contribution in [0.1, 0.15) is 60.9 Å². The van der Waals surface area contributed by atoms with E-state index in [1.54, 1.807) is 0 Å². The second-order valence-corrected chi connectivity index (χ2v) is 9.54. The van der Waals surface area contributed by atoms with Crippen molar-refractivity contribution in [3.63, 3.8) is 0 Å². The van der Waals surface area contributed by atoms with Crippen LogP contribution >= 0.6 is 11.8 Å². The molecule has 0 N–H and O–H groups in total. The number of nitrogens with zero attached hydrogens (tertiary/aromatic N) is 3. The summed E-state index contributed by atoms with van der Waals surface area (Å²) < 4.78 is 2.08. The van der Waals surface area contributed by atoms with E-state index >= 15 is 0 Å². The zero-order valence-corrected chi connectivity index (χ0v) is 20.6. The van der Waals surface area contributed by atoms with Crippen LogP contribution in [0, 0.1) is 5.92 Å². The number of hydrogen-bond acceptors (Lipinski definition) is 3. The Balaban J connectivity index is 1.92. The van der Waals surface area contributed by atoms with Crippen molar-refractivity contribution in [2.24, 2.45) is 5.92 Å². The monoisotopic (exact) mass is 455 g/mol. The van der Waals surface area contributed by atoms with Crippen LogP contribution in [0.3, 0.4) is 0 Å². The number of aromatic nitrogens is 3. The Morgan fingerprint density at radius 3 is 1.61 bits per heavy atom. The van der Waals surface area contributed by atoms with Crippen LogP contribution in [0.4, 0.5) is 0 Å². The first-order chi connectivity index (χ1) is 16.2.